The largest absolute Gasteiger partial charge is 0.255 e. The van der Waals surface area contributed by atoms with E-state index in [1.807, 2.05) is 48.7 Å². The molecule has 0 bridgehead atoms. The molecule has 7 aromatic rings. The molecule has 1 aliphatic carbocycles. The lowest BCUT2D eigenvalue weighted by molar-refractivity contribution is 0.660. The molecule has 0 radical (unpaired) electrons. The van der Waals surface area contributed by atoms with Crippen molar-refractivity contribution < 1.29 is 0 Å². The molecule has 45 heavy (non-hydrogen) atoms. The number of hydrogen-bond donors (Lipinski definition) is 0. The lowest BCUT2D eigenvalue weighted by Gasteiger charge is -2.21. The summed E-state index contributed by atoms with van der Waals surface area (Å²) in [5.74, 6) is 1.84. The smallest absolute Gasteiger partial charge is 0.166 e. The molecule has 1 aliphatic rings. The first-order chi connectivity index (χ1) is 22.1. The van der Waals surface area contributed by atoms with Crippen LogP contribution in [0.25, 0.3) is 67.7 Å². The van der Waals surface area contributed by atoms with E-state index in [1.54, 1.807) is 0 Å². The molecule has 0 spiro atoms. The third-order valence-corrected chi connectivity index (χ3v) is 8.80. The molecule has 2 heterocycles. The molecule has 0 atom stereocenters. The fourth-order valence-electron chi connectivity index (χ4n) is 6.49. The van der Waals surface area contributed by atoms with Crippen LogP contribution in [0.5, 0.6) is 0 Å². The zero-order valence-electron chi connectivity index (χ0n) is 25.1. The predicted octanol–water partition coefficient (Wildman–Crippen LogP) is 9.91. The van der Waals surface area contributed by atoms with Crippen LogP contribution in [-0.2, 0) is 5.41 Å². The Hall–Kier alpha value is -5.74. The van der Waals surface area contributed by atoms with Crippen molar-refractivity contribution in [2.45, 2.75) is 19.3 Å². The molecular weight excluding hydrogens is 548 g/mol. The van der Waals surface area contributed by atoms with Crippen LogP contribution in [0.15, 0.2) is 146 Å². The van der Waals surface area contributed by atoms with Gasteiger partial charge >= 0.3 is 0 Å². The zero-order chi connectivity index (χ0) is 30.4. The molecule has 2 aromatic heterocycles. The first kappa shape index (κ1) is 26.9. The summed E-state index contributed by atoms with van der Waals surface area (Å²) < 4.78 is 0. The van der Waals surface area contributed by atoms with E-state index in [2.05, 4.69) is 111 Å². The molecule has 0 unspecified atom stereocenters. The third-order valence-electron chi connectivity index (χ3n) is 8.80. The van der Waals surface area contributed by atoms with Crippen molar-refractivity contribution in [3.63, 3.8) is 0 Å². The van der Waals surface area contributed by atoms with Gasteiger partial charge in [-0.2, -0.15) is 0 Å². The van der Waals surface area contributed by atoms with E-state index in [0.717, 1.165) is 39.1 Å². The van der Waals surface area contributed by atoms with E-state index in [9.17, 15) is 0 Å². The van der Waals surface area contributed by atoms with Crippen molar-refractivity contribution in [2.75, 3.05) is 0 Å². The second-order valence-electron chi connectivity index (χ2n) is 11.9. The van der Waals surface area contributed by atoms with E-state index in [0.29, 0.717) is 17.5 Å². The highest BCUT2D eigenvalue weighted by molar-refractivity contribution is 5.87. The Morgan fingerprint density at radius 2 is 1.00 bits per heavy atom. The van der Waals surface area contributed by atoms with E-state index in [-0.39, 0.29) is 5.41 Å². The van der Waals surface area contributed by atoms with E-state index in [1.165, 1.54) is 22.3 Å². The van der Waals surface area contributed by atoms with Crippen LogP contribution in [0.2, 0.25) is 0 Å². The van der Waals surface area contributed by atoms with E-state index in [4.69, 9.17) is 19.9 Å². The Morgan fingerprint density at radius 3 is 1.80 bits per heavy atom. The van der Waals surface area contributed by atoms with Crippen LogP contribution < -0.4 is 0 Å². The van der Waals surface area contributed by atoms with Gasteiger partial charge in [-0.05, 0) is 57.6 Å². The summed E-state index contributed by atoms with van der Waals surface area (Å²) in [4.78, 5) is 20.0. The van der Waals surface area contributed by atoms with Gasteiger partial charge in [-0.1, -0.05) is 129 Å². The predicted molar refractivity (Wildman–Crippen MR) is 182 cm³/mol. The van der Waals surface area contributed by atoms with Crippen LogP contribution in [0.1, 0.15) is 25.0 Å². The maximum Gasteiger partial charge on any atom is 0.166 e. The molecule has 0 amide bonds. The summed E-state index contributed by atoms with van der Waals surface area (Å²) in [5, 5.41) is 0. The van der Waals surface area contributed by atoms with Gasteiger partial charge in [-0.3, -0.25) is 4.98 Å². The summed E-state index contributed by atoms with van der Waals surface area (Å²) in [5.41, 5.74) is 12.0. The van der Waals surface area contributed by atoms with Gasteiger partial charge in [0.05, 0.1) is 5.69 Å². The fraction of sp³-hybridized carbons (Fsp3) is 0.0732. The van der Waals surface area contributed by atoms with Crippen molar-refractivity contribution in [1.29, 1.82) is 0 Å². The van der Waals surface area contributed by atoms with Gasteiger partial charge in [0.1, 0.15) is 0 Å². The topological polar surface area (TPSA) is 51.6 Å². The third kappa shape index (κ3) is 4.72. The lowest BCUT2D eigenvalue weighted by atomic mass is 9.82. The molecule has 0 saturated heterocycles. The second kappa shape index (κ2) is 10.8. The first-order valence-corrected chi connectivity index (χ1v) is 15.2. The lowest BCUT2D eigenvalue weighted by Crippen LogP contribution is -2.14. The van der Waals surface area contributed by atoms with Crippen LogP contribution in [-0.4, -0.2) is 19.9 Å². The number of fused-ring (bicyclic) bond motifs is 3. The molecular formula is C41H30N4. The Balaban J connectivity index is 1.29. The molecule has 4 heteroatoms. The normalized spacial score (nSPS) is 12.8. The maximum absolute atomic E-state index is 5.09. The highest BCUT2D eigenvalue weighted by Crippen LogP contribution is 2.49. The molecule has 8 rings (SSSR count). The number of rotatable bonds is 5. The number of aromatic nitrogens is 4. The molecule has 214 valence electrons. The molecule has 0 saturated carbocycles. The highest BCUT2D eigenvalue weighted by atomic mass is 15.0. The van der Waals surface area contributed by atoms with E-state index >= 15 is 0 Å². The average Bonchev–Trinajstić information content (AvgIpc) is 3.34. The Labute approximate surface area is 263 Å². The second-order valence-corrected chi connectivity index (χ2v) is 11.9. The van der Waals surface area contributed by atoms with Gasteiger partial charge in [-0.25, -0.2) is 15.0 Å². The molecule has 0 fully saturated rings. The summed E-state index contributed by atoms with van der Waals surface area (Å²) in [6.45, 7) is 4.60. The number of pyridine rings is 1. The van der Waals surface area contributed by atoms with E-state index < -0.39 is 0 Å². The summed E-state index contributed by atoms with van der Waals surface area (Å²) in [7, 11) is 0. The SMILES string of the molecule is CC1(C)c2ccccc2-c2cc(-c3ncccc3-c3nc(-c4ccccc4)nc(-c4cccc(-c5ccccc5)c4)n3)ccc21. The van der Waals surface area contributed by atoms with Crippen LogP contribution in [0, 0.1) is 0 Å². The summed E-state index contributed by atoms with van der Waals surface area (Å²) in [6, 6.07) is 48.3. The van der Waals surface area contributed by atoms with Gasteiger partial charge in [0, 0.05) is 33.9 Å². The minimum absolute atomic E-state index is 0.0562. The van der Waals surface area contributed by atoms with Gasteiger partial charge < -0.3 is 0 Å². The van der Waals surface area contributed by atoms with Crippen molar-refractivity contribution in [3.8, 4) is 67.7 Å². The number of nitrogens with zero attached hydrogens (tertiary/aromatic N) is 4. The van der Waals surface area contributed by atoms with Gasteiger partial charge in [-0.15, -0.1) is 0 Å². The summed E-state index contributed by atoms with van der Waals surface area (Å²) >= 11 is 0. The van der Waals surface area contributed by atoms with Crippen molar-refractivity contribution >= 4 is 0 Å². The Bertz CT molecular complexity index is 2190. The van der Waals surface area contributed by atoms with Crippen molar-refractivity contribution in [3.05, 3.63) is 157 Å². The number of benzene rings is 5. The fourth-order valence-corrected chi connectivity index (χ4v) is 6.49. The Morgan fingerprint density at radius 1 is 0.400 bits per heavy atom. The maximum atomic E-state index is 5.09. The quantitative estimate of drug-likeness (QED) is 0.204. The van der Waals surface area contributed by atoms with Crippen molar-refractivity contribution in [1.82, 2.24) is 19.9 Å². The van der Waals surface area contributed by atoms with Crippen LogP contribution in [0.3, 0.4) is 0 Å². The first-order valence-electron chi connectivity index (χ1n) is 15.2. The van der Waals surface area contributed by atoms with Gasteiger partial charge in [0.15, 0.2) is 17.5 Å². The average molecular weight is 579 g/mol. The minimum atomic E-state index is -0.0562. The molecule has 4 nitrogen and oxygen atoms in total. The minimum Gasteiger partial charge on any atom is -0.255 e. The van der Waals surface area contributed by atoms with Gasteiger partial charge in [0.2, 0.25) is 0 Å². The van der Waals surface area contributed by atoms with Crippen LogP contribution in [0.4, 0.5) is 0 Å². The van der Waals surface area contributed by atoms with Crippen LogP contribution >= 0.6 is 0 Å². The standard InChI is InChI=1S/C41H30N4/c1-41(2)35-21-10-9-19-32(35)34-26-30(22-23-36(34)41)37-33(20-12-24-42-37)40-44-38(28-15-7-4-8-16-28)43-39(45-40)31-18-11-17-29(25-31)27-13-5-3-6-14-27/h3-26H,1-2H3. The van der Waals surface area contributed by atoms with Gasteiger partial charge in [0.25, 0.3) is 0 Å². The molecule has 5 aromatic carbocycles. The number of hydrogen-bond acceptors (Lipinski definition) is 4. The molecule has 0 N–H and O–H groups in total. The Kier molecular flexibility index (Phi) is 6.42. The highest BCUT2D eigenvalue weighted by Gasteiger charge is 2.35. The summed E-state index contributed by atoms with van der Waals surface area (Å²) in [6.07, 6.45) is 1.84. The molecule has 0 aliphatic heterocycles. The van der Waals surface area contributed by atoms with Crippen molar-refractivity contribution in [2.24, 2.45) is 0 Å². The zero-order valence-corrected chi connectivity index (χ0v) is 25.1. The monoisotopic (exact) mass is 578 g/mol.